The summed E-state index contributed by atoms with van der Waals surface area (Å²) in [6.07, 6.45) is 2.43. The Hall–Kier alpha value is -2.24. The van der Waals surface area contributed by atoms with Gasteiger partial charge in [0.2, 0.25) is 5.91 Å². The van der Waals surface area contributed by atoms with Gasteiger partial charge in [-0.15, -0.1) is 0 Å². The average Bonchev–Trinajstić information content (AvgIpc) is 2.56. The van der Waals surface area contributed by atoms with Crippen molar-refractivity contribution in [3.63, 3.8) is 0 Å². The van der Waals surface area contributed by atoms with Gasteiger partial charge in [0.15, 0.2) is 5.96 Å². The summed E-state index contributed by atoms with van der Waals surface area (Å²) >= 11 is 0. The van der Waals surface area contributed by atoms with E-state index in [2.05, 4.69) is 27.4 Å². The highest BCUT2D eigenvalue weighted by atomic mass is 16.5. The van der Waals surface area contributed by atoms with E-state index >= 15 is 0 Å². The smallest absolute Gasteiger partial charge is 0.221 e. The second-order valence-electron chi connectivity index (χ2n) is 6.20. The van der Waals surface area contributed by atoms with E-state index in [0.717, 1.165) is 36.4 Å². The molecule has 0 aromatic heterocycles. The highest BCUT2D eigenvalue weighted by Gasteiger charge is 2.18. The summed E-state index contributed by atoms with van der Waals surface area (Å²) in [4.78, 5) is 17.7. The number of likely N-dealkylation sites (tertiary alicyclic amines) is 1. The maximum atomic E-state index is 11.1. The summed E-state index contributed by atoms with van der Waals surface area (Å²) in [5, 5.41) is 6.10. The lowest BCUT2D eigenvalue weighted by Crippen LogP contribution is -2.46. The molecular weight excluding hydrogens is 304 g/mol. The molecule has 6 nitrogen and oxygen atoms in total. The minimum Gasteiger partial charge on any atom is -0.492 e. The third-order valence-electron chi connectivity index (χ3n) is 4.10. The van der Waals surface area contributed by atoms with Crippen LogP contribution >= 0.6 is 0 Å². The number of nitrogens with zero attached hydrogens (tertiary/aromatic N) is 2. The maximum absolute atomic E-state index is 11.1. The lowest BCUT2D eigenvalue weighted by molar-refractivity contribution is -0.114. The Morgan fingerprint density at radius 1 is 1.38 bits per heavy atom. The molecule has 0 atom stereocenters. The Balaban J connectivity index is 1.74. The van der Waals surface area contributed by atoms with Gasteiger partial charge in [0.25, 0.3) is 0 Å². The SMILES string of the molecule is CN=C(NCCOc1cccc(NC(C)=O)c1)N1CCC(C)CC1. The molecule has 24 heavy (non-hydrogen) atoms. The highest BCUT2D eigenvalue weighted by molar-refractivity contribution is 5.88. The summed E-state index contributed by atoms with van der Waals surface area (Å²) in [7, 11) is 1.82. The molecule has 1 amide bonds. The van der Waals surface area contributed by atoms with E-state index in [1.807, 2.05) is 31.3 Å². The number of carbonyl (C=O) groups is 1. The molecule has 1 saturated heterocycles. The Labute approximate surface area is 144 Å². The van der Waals surface area contributed by atoms with Gasteiger partial charge >= 0.3 is 0 Å². The van der Waals surface area contributed by atoms with Crippen LogP contribution in [0, 0.1) is 5.92 Å². The number of carbonyl (C=O) groups excluding carboxylic acids is 1. The molecule has 6 heteroatoms. The number of guanidine groups is 1. The van der Waals surface area contributed by atoms with E-state index in [1.54, 1.807) is 0 Å². The molecule has 1 aromatic rings. The second-order valence-corrected chi connectivity index (χ2v) is 6.20. The molecule has 132 valence electrons. The van der Waals surface area contributed by atoms with Gasteiger partial charge in [-0.2, -0.15) is 0 Å². The van der Waals surface area contributed by atoms with Gasteiger partial charge in [-0.05, 0) is 30.9 Å². The van der Waals surface area contributed by atoms with Crippen LogP contribution in [-0.2, 0) is 4.79 Å². The van der Waals surface area contributed by atoms with Gasteiger partial charge < -0.3 is 20.3 Å². The first-order chi connectivity index (χ1) is 11.6. The van der Waals surface area contributed by atoms with Crippen molar-refractivity contribution < 1.29 is 9.53 Å². The fourth-order valence-electron chi connectivity index (χ4n) is 2.75. The molecule has 1 aliphatic heterocycles. The topological polar surface area (TPSA) is 66.0 Å². The maximum Gasteiger partial charge on any atom is 0.221 e. The lowest BCUT2D eigenvalue weighted by Gasteiger charge is -2.32. The van der Waals surface area contributed by atoms with Crippen LogP contribution < -0.4 is 15.4 Å². The number of hydrogen-bond acceptors (Lipinski definition) is 3. The van der Waals surface area contributed by atoms with Gasteiger partial charge in [0, 0.05) is 38.8 Å². The van der Waals surface area contributed by atoms with Crippen LogP contribution in [0.2, 0.25) is 0 Å². The first-order valence-electron chi connectivity index (χ1n) is 8.54. The number of nitrogens with one attached hydrogen (secondary N) is 2. The zero-order valence-corrected chi connectivity index (χ0v) is 14.8. The largest absolute Gasteiger partial charge is 0.492 e. The summed E-state index contributed by atoms with van der Waals surface area (Å²) in [6.45, 7) is 7.12. The average molecular weight is 332 g/mol. The number of amides is 1. The normalized spacial score (nSPS) is 16.0. The van der Waals surface area contributed by atoms with E-state index < -0.39 is 0 Å². The molecule has 2 N–H and O–H groups in total. The van der Waals surface area contributed by atoms with E-state index in [4.69, 9.17) is 4.74 Å². The first kappa shape index (κ1) is 18.1. The molecule has 1 heterocycles. The van der Waals surface area contributed by atoms with E-state index in [9.17, 15) is 4.79 Å². The number of rotatable bonds is 5. The number of anilines is 1. The van der Waals surface area contributed by atoms with Crippen LogP contribution in [0.25, 0.3) is 0 Å². The number of hydrogen-bond donors (Lipinski definition) is 2. The van der Waals surface area contributed by atoms with Crippen LogP contribution in [0.5, 0.6) is 5.75 Å². The summed E-state index contributed by atoms with van der Waals surface area (Å²) < 4.78 is 5.74. The van der Waals surface area contributed by atoms with Crippen molar-refractivity contribution in [1.82, 2.24) is 10.2 Å². The standard InChI is InChI=1S/C18H28N4O2/c1-14-7-10-22(11-8-14)18(19-3)20-9-12-24-17-6-4-5-16(13-17)21-15(2)23/h4-6,13-14H,7-12H2,1-3H3,(H,19,20)(H,21,23). The van der Waals surface area contributed by atoms with Crippen LogP contribution in [0.3, 0.4) is 0 Å². The molecule has 0 spiro atoms. The monoisotopic (exact) mass is 332 g/mol. The molecule has 0 unspecified atom stereocenters. The van der Waals surface area contributed by atoms with Crippen molar-refractivity contribution in [2.45, 2.75) is 26.7 Å². The molecule has 0 bridgehead atoms. The van der Waals surface area contributed by atoms with E-state index in [0.29, 0.717) is 13.2 Å². The summed E-state index contributed by atoms with van der Waals surface area (Å²) in [5.74, 6) is 2.40. The van der Waals surface area contributed by atoms with Crippen molar-refractivity contribution in [1.29, 1.82) is 0 Å². The Morgan fingerprint density at radius 2 is 2.12 bits per heavy atom. The van der Waals surface area contributed by atoms with Crippen molar-refractivity contribution >= 4 is 17.6 Å². The molecular formula is C18H28N4O2. The van der Waals surface area contributed by atoms with Crippen molar-refractivity contribution in [3.8, 4) is 5.75 Å². The predicted molar refractivity (Wildman–Crippen MR) is 97.6 cm³/mol. The molecule has 0 aliphatic carbocycles. The van der Waals surface area contributed by atoms with E-state index in [1.165, 1.54) is 19.8 Å². The summed E-state index contributed by atoms with van der Waals surface area (Å²) in [6, 6.07) is 7.40. The van der Waals surface area contributed by atoms with Crippen molar-refractivity contribution in [2.24, 2.45) is 10.9 Å². The molecule has 1 aromatic carbocycles. The molecule has 0 radical (unpaired) electrons. The van der Waals surface area contributed by atoms with Crippen LogP contribution in [0.4, 0.5) is 5.69 Å². The van der Waals surface area contributed by atoms with Crippen molar-refractivity contribution in [3.05, 3.63) is 24.3 Å². The molecule has 0 saturated carbocycles. The fraction of sp³-hybridized carbons (Fsp3) is 0.556. The van der Waals surface area contributed by atoms with Gasteiger partial charge in [-0.3, -0.25) is 9.79 Å². The van der Waals surface area contributed by atoms with Crippen LogP contribution in [0.15, 0.2) is 29.3 Å². The Kier molecular flexibility index (Phi) is 6.90. The third kappa shape index (κ3) is 5.76. The first-order valence-corrected chi connectivity index (χ1v) is 8.54. The third-order valence-corrected chi connectivity index (χ3v) is 4.10. The quantitative estimate of drug-likeness (QED) is 0.493. The highest BCUT2D eigenvalue weighted by Crippen LogP contribution is 2.17. The van der Waals surface area contributed by atoms with Gasteiger partial charge in [-0.25, -0.2) is 0 Å². The van der Waals surface area contributed by atoms with Crippen LogP contribution in [0.1, 0.15) is 26.7 Å². The molecule has 1 aliphatic rings. The Morgan fingerprint density at radius 3 is 2.79 bits per heavy atom. The van der Waals surface area contributed by atoms with Gasteiger partial charge in [-0.1, -0.05) is 13.0 Å². The molecule has 2 rings (SSSR count). The minimum absolute atomic E-state index is 0.0894. The number of benzene rings is 1. The van der Waals surface area contributed by atoms with E-state index in [-0.39, 0.29) is 5.91 Å². The summed E-state index contributed by atoms with van der Waals surface area (Å²) in [5.41, 5.74) is 0.742. The number of ether oxygens (including phenoxy) is 1. The van der Waals surface area contributed by atoms with Crippen molar-refractivity contribution in [2.75, 3.05) is 38.6 Å². The van der Waals surface area contributed by atoms with Gasteiger partial charge in [0.1, 0.15) is 12.4 Å². The Bertz CT molecular complexity index is 566. The van der Waals surface area contributed by atoms with Crippen LogP contribution in [-0.4, -0.2) is 50.1 Å². The minimum atomic E-state index is -0.0894. The zero-order chi connectivity index (χ0) is 17.4. The number of piperidine rings is 1. The molecule has 1 fully saturated rings. The van der Waals surface area contributed by atoms with Gasteiger partial charge in [0.05, 0.1) is 6.54 Å². The zero-order valence-electron chi connectivity index (χ0n) is 14.8. The number of aliphatic imine (C=N–C) groups is 1. The fourth-order valence-corrected chi connectivity index (χ4v) is 2.75. The second kappa shape index (κ2) is 9.15. The lowest BCUT2D eigenvalue weighted by atomic mass is 10.00. The predicted octanol–water partition coefficient (Wildman–Crippen LogP) is 2.33.